The molecule has 0 aliphatic rings. The van der Waals surface area contributed by atoms with Gasteiger partial charge in [0.05, 0.1) is 11.2 Å². The molecule has 0 saturated carbocycles. The van der Waals surface area contributed by atoms with Crippen LogP contribution in [0.15, 0.2) is 62.6 Å². The maximum Gasteiger partial charge on any atom is 0.263 e. The van der Waals surface area contributed by atoms with Crippen LogP contribution in [-0.2, 0) is 10.0 Å². The zero-order chi connectivity index (χ0) is 19.6. The summed E-state index contributed by atoms with van der Waals surface area (Å²) in [5, 5.41) is 6.34. The number of halogens is 2. The van der Waals surface area contributed by atoms with Gasteiger partial charge in [0.2, 0.25) is 0 Å². The van der Waals surface area contributed by atoms with Crippen molar-refractivity contribution in [3.05, 3.63) is 69.5 Å². The molecule has 7 nitrogen and oxygen atoms in total. The molecule has 0 radical (unpaired) electrons. The van der Waals surface area contributed by atoms with E-state index in [0.29, 0.717) is 27.2 Å². The van der Waals surface area contributed by atoms with Crippen molar-refractivity contribution in [1.29, 1.82) is 0 Å². The number of hydrogen-bond donors (Lipinski definition) is 2. The van der Waals surface area contributed by atoms with Crippen molar-refractivity contribution in [3.8, 4) is 0 Å². The van der Waals surface area contributed by atoms with E-state index in [1.54, 1.807) is 25.1 Å². The van der Waals surface area contributed by atoms with Crippen molar-refractivity contribution in [1.82, 2.24) is 5.16 Å². The highest BCUT2D eigenvalue weighted by atomic mass is 79.9. The molecule has 140 valence electrons. The first-order chi connectivity index (χ1) is 12.8. The molecule has 0 unspecified atom stereocenters. The number of benzene rings is 2. The fourth-order valence-corrected chi connectivity index (χ4v) is 4.34. The topological polar surface area (TPSA) is 101 Å². The van der Waals surface area contributed by atoms with E-state index >= 15 is 0 Å². The second kappa shape index (κ2) is 7.71. The number of amides is 1. The maximum absolute atomic E-state index is 12.5. The molecule has 1 heterocycles. The van der Waals surface area contributed by atoms with Crippen molar-refractivity contribution in [3.63, 3.8) is 0 Å². The average Bonchev–Trinajstić information content (AvgIpc) is 3.02. The third kappa shape index (κ3) is 4.49. The first kappa shape index (κ1) is 19.4. The van der Waals surface area contributed by atoms with Crippen molar-refractivity contribution < 1.29 is 17.7 Å². The van der Waals surface area contributed by atoms with E-state index in [0.717, 1.165) is 0 Å². The number of anilines is 2. The summed E-state index contributed by atoms with van der Waals surface area (Å²) in [5.74, 6) is 0.0342. The second-order valence-corrected chi connectivity index (χ2v) is 8.48. The lowest BCUT2D eigenvalue weighted by Gasteiger charge is -2.11. The Balaban J connectivity index is 1.74. The van der Waals surface area contributed by atoms with E-state index in [1.165, 1.54) is 30.5 Å². The zero-order valence-corrected chi connectivity index (χ0v) is 17.0. The molecule has 0 atom stereocenters. The standard InChI is InChI=1S/C17H13BrClN3O4S/c1-10-14(9-20-26-10)17(23)21-12-3-5-13(6-4-12)22-27(24,25)16-7-2-11(18)8-15(16)19/h2-9,22H,1H3,(H,21,23). The summed E-state index contributed by atoms with van der Waals surface area (Å²) in [4.78, 5) is 12.1. The number of hydrogen-bond acceptors (Lipinski definition) is 5. The van der Waals surface area contributed by atoms with Gasteiger partial charge in [-0.15, -0.1) is 0 Å². The molecule has 0 aliphatic carbocycles. The minimum atomic E-state index is -3.85. The van der Waals surface area contributed by atoms with Gasteiger partial charge in [0.25, 0.3) is 15.9 Å². The van der Waals surface area contributed by atoms with Crippen LogP contribution in [-0.4, -0.2) is 19.5 Å². The molecule has 2 N–H and O–H groups in total. The van der Waals surface area contributed by atoms with Crippen molar-refractivity contribution in [2.75, 3.05) is 10.0 Å². The Labute approximate surface area is 168 Å². The summed E-state index contributed by atoms with van der Waals surface area (Å²) in [6.45, 7) is 1.63. The Morgan fingerprint density at radius 1 is 1.15 bits per heavy atom. The van der Waals surface area contributed by atoms with Gasteiger partial charge in [0.15, 0.2) is 0 Å². The minimum Gasteiger partial charge on any atom is -0.361 e. The highest BCUT2D eigenvalue weighted by Gasteiger charge is 2.18. The fourth-order valence-electron chi connectivity index (χ4n) is 2.24. The molecule has 3 rings (SSSR count). The van der Waals surface area contributed by atoms with Crippen molar-refractivity contribution >= 4 is 54.8 Å². The van der Waals surface area contributed by atoms with Gasteiger partial charge in [-0.3, -0.25) is 9.52 Å². The van der Waals surface area contributed by atoms with Gasteiger partial charge in [-0.25, -0.2) is 8.42 Å². The molecule has 0 spiro atoms. The zero-order valence-electron chi connectivity index (χ0n) is 13.9. The van der Waals surface area contributed by atoms with Gasteiger partial charge in [-0.05, 0) is 49.4 Å². The van der Waals surface area contributed by atoms with Gasteiger partial charge in [0.1, 0.15) is 16.2 Å². The lowest BCUT2D eigenvalue weighted by molar-refractivity contribution is 0.102. The fraction of sp³-hybridized carbons (Fsp3) is 0.0588. The van der Waals surface area contributed by atoms with E-state index in [1.807, 2.05) is 0 Å². The number of nitrogens with zero attached hydrogens (tertiary/aromatic N) is 1. The first-order valence-corrected chi connectivity index (χ1v) is 10.2. The Hall–Kier alpha value is -2.36. The van der Waals surface area contributed by atoms with E-state index < -0.39 is 10.0 Å². The van der Waals surface area contributed by atoms with E-state index in [9.17, 15) is 13.2 Å². The lowest BCUT2D eigenvalue weighted by Crippen LogP contribution is -2.14. The molecule has 3 aromatic rings. The van der Waals surface area contributed by atoms with Gasteiger partial charge in [-0.1, -0.05) is 32.7 Å². The molecule has 10 heteroatoms. The Kier molecular flexibility index (Phi) is 5.54. The highest BCUT2D eigenvalue weighted by Crippen LogP contribution is 2.27. The number of nitrogens with one attached hydrogen (secondary N) is 2. The van der Waals surface area contributed by atoms with Gasteiger partial charge >= 0.3 is 0 Å². The van der Waals surface area contributed by atoms with Crippen LogP contribution in [0, 0.1) is 6.92 Å². The Morgan fingerprint density at radius 3 is 2.41 bits per heavy atom. The second-order valence-electron chi connectivity index (χ2n) is 5.51. The van der Waals surface area contributed by atoms with Crippen LogP contribution in [0.1, 0.15) is 16.1 Å². The number of sulfonamides is 1. The van der Waals surface area contributed by atoms with Gasteiger partial charge < -0.3 is 9.84 Å². The Bertz CT molecular complexity index is 1100. The molecular weight excluding hydrogens is 458 g/mol. The number of carbonyl (C=O) groups excluding carboxylic acids is 1. The van der Waals surface area contributed by atoms with Crippen LogP contribution in [0.25, 0.3) is 0 Å². The molecule has 0 saturated heterocycles. The summed E-state index contributed by atoms with van der Waals surface area (Å²) >= 11 is 9.25. The van der Waals surface area contributed by atoms with Crippen LogP contribution in [0.2, 0.25) is 5.02 Å². The molecular formula is C17H13BrClN3O4S. The SMILES string of the molecule is Cc1oncc1C(=O)Nc1ccc(NS(=O)(=O)c2ccc(Br)cc2Cl)cc1. The molecule has 0 fully saturated rings. The molecule has 1 amide bonds. The van der Waals surface area contributed by atoms with Crippen LogP contribution < -0.4 is 10.0 Å². The minimum absolute atomic E-state index is 0.0346. The molecule has 0 aliphatic heterocycles. The lowest BCUT2D eigenvalue weighted by atomic mass is 10.2. The van der Waals surface area contributed by atoms with Crippen LogP contribution in [0.3, 0.4) is 0 Å². The maximum atomic E-state index is 12.5. The Morgan fingerprint density at radius 2 is 1.81 bits per heavy atom. The highest BCUT2D eigenvalue weighted by molar-refractivity contribution is 9.10. The van der Waals surface area contributed by atoms with Crippen LogP contribution >= 0.6 is 27.5 Å². The summed E-state index contributed by atoms with van der Waals surface area (Å²) in [5.41, 5.74) is 1.14. The number of aryl methyl sites for hydroxylation is 1. The van der Waals surface area contributed by atoms with Gasteiger partial charge in [0, 0.05) is 15.8 Å². The third-order valence-electron chi connectivity index (χ3n) is 3.57. The average molecular weight is 471 g/mol. The van der Waals surface area contributed by atoms with Crippen LogP contribution in [0.5, 0.6) is 0 Å². The summed E-state index contributed by atoms with van der Waals surface area (Å²) < 4.78 is 33.0. The third-order valence-corrected chi connectivity index (χ3v) is 5.93. The van der Waals surface area contributed by atoms with Gasteiger partial charge in [-0.2, -0.15) is 0 Å². The molecule has 2 aromatic carbocycles. The quantitative estimate of drug-likeness (QED) is 0.573. The first-order valence-electron chi connectivity index (χ1n) is 7.57. The van der Waals surface area contributed by atoms with Crippen molar-refractivity contribution in [2.45, 2.75) is 11.8 Å². The smallest absolute Gasteiger partial charge is 0.263 e. The number of aromatic nitrogens is 1. The van der Waals surface area contributed by atoms with E-state index in [-0.39, 0.29) is 15.8 Å². The van der Waals surface area contributed by atoms with E-state index in [4.69, 9.17) is 16.1 Å². The molecule has 27 heavy (non-hydrogen) atoms. The predicted molar refractivity (Wildman–Crippen MR) is 106 cm³/mol. The summed E-state index contributed by atoms with van der Waals surface area (Å²) in [6.07, 6.45) is 1.33. The normalized spacial score (nSPS) is 11.2. The van der Waals surface area contributed by atoms with E-state index in [2.05, 4.69) is 31.1 Å². The summed E-state index contributed by atoms with van der Waals surface area (Å²) in [6, 6.07) is 10.7. The summed E-state index contributed by atoms with van der Waals surface area (Å²) in [7, 11) is -3.85. The number of carbonyl (C=O) groups is 1. The van der Waals surface area contributed by atoms with Crippen molar-refractivity contribution in [2.24, 2.45) is 0 Å². The monoisotopic (exact) mass is 469 g/mol. The molecule has 0 bridgehead atoms. The van der Waals surface area contributed by atoms with Crippen LogP contribution in [0.4, 0.5) is 11.4 Å². The predicted octanol–water partition coefficient (Wildman–Crippen LogP) is 4.45. The number of rotatable bonds is 5. The largest absolute Gasteiger partial charge is 0.361 e. The molecule has 1 aromatic heterocycles.